The Kier molecular flexibility index (Phi) is 2.61. The molecule has 0 fully saturated rings. The molecule has 1 aromatic carbocycles. The molecule has 2 nitrogen and oxygen atoms in total. The van der Waals surface area contributed by atoms with Crippen LogP contribution in [0.5, 0.6) is 5.75 Å². The van der Waals surface area contributed by atoms with Crippen LogP contribution in [0.25, 0.3) is 5.76 Å². The van der Waals surface area contributed by atoms with Crippen LogP contribution in [0.1, 0.15) is 5.56 Å². The molecule has 0 amide bonds. The van der Waals surface area contributed by atoms with E-state index >= 15 is 0 Å². The average molecular weight is 185 g/mol. The van der Waals surface area contributed by atoms with Crippen molar-refractivity contribution < 1.29 is 9.84 Å². The fourth-order valence-corrected chi connectivity index (χ4v) is 1.01. The summed E-state index contributed by atoms with van der Waals surface area (Å²) in [6.45, 7) is 3.60. The van der Waals surface area contributed by atoms with E-state index in [1.807, 2.05) is 0 Å². The molecule has 0 bridgehead atoms. The maximum absolute atomic E-state index is 9.34. The molecule has 0 spiro atoms. The van der Waals surface area contributed by atoms with Gasteiger partial charge in [0, 0.05) is 5.02 Å². The molecule has 64 valence electrons. The number of methoxy groups -OCH3 is 1. The number of hydrogen-bond acceptors (Lipinski definition) is 2. The summed E-state index contributed by atoms with van der Waals surface area (Å²) in [5.41, 5.74) is 0.519. The monoisotopic (exact) mass is 184 g/mol. The molecule has 0 aliphatic carbocycles. The van der Waals surface area contributed by atoms with E-state index in [0.717, 1.165) is 0 Å². The van der Waals surface area contributed by atoms with Gasteiger partial charge in [-0.15, -0.1) is 0 Å². The molecule has 1 N–H and O–H groups in total. The zero-order chi connectivity index (χ0) is 9.14. The largest absolute Gasteiger partial charge is 0.507 e. The van der Waals surface area contributed by atoms with E-state index in [-0.39, 0.29) is 5.75 Å². The van der Waals surface area contributed by atoms with Crippen molar-refractivity contribution in [2.24, 2.45) is 0 Å². The Bertz CT molecular complexity index is 307. The van der Waals surface area contributed by atoms with Crippen LogP contribution in [-0.4, -0.2) is 12.2 Å². The number of phenolic OH excluding ortho intramolecular Hbond substituents is 1. The van der Waals surface area contributed by atoms with Crippen molar-refractivity contribution in [1.82, 2.24) is 0 Å². The molecule has 3 heteroatoms. The minimum Gasteiger partial charge on any atom is -0.507 e. The van der Waals surface area contributed by atoms with Gasteiger partial charge in [0.05, 0.1) is 12.7 Å². The average Bonchev–Trinajstić information content (AvgIpc) is 2.08. The zero-order valence-electron chi connectivity index (χ0n) is 6.67. The van der Waals surface area contributed by atoms with E-state index in [1.54, 1.807) is 12.1 Å². The fourth-order valence-electron chi connectivity index (χ4n) is 0.842. The molecule has 0 saturated carbocycles. The Morgan fingerprint density at radius 2 is 2.25 bits per heavy atom. The van der Waals surface area contributed by atoms with Crippen LogP contribution in [0.15, 0.2) is 24.8 Å². The van der Waals surface area contributed by atoms with Crippen molar-refractivity contribution in [3.8, 4) is 5.75 Å². The van der Waals surface area contributed by atoms with Crippen molar-refractivity contribution >= 4 is 17.4 Å². The van der Waals surface area contributed by atoms with E-state index in [9.17, 15) is 5.11 Å². The number of aromatic hydroxyl groups is 1. The van der Waals surface area contributed by atoms with Crippen LogP contribution >= 0.6 is 11.6 Å². The number of halogens is 1. The molecule has 0 heterocycles. The molecule has 0 aliphatic heterocycles. The lowest BCUT2D eigenvalue weighted by molar-refractivity contribution is 0.367. The van der Waals surface area contributed by atoms with Gasteiger partial charge in [-0.1, -0.05) is 18.2 Å². The lowest BCUT2D eigenvalue weighted by atomic mass is 10.2. The van der Waals surface area contributed by atoms with Gasteiger partial charge in [0.15, 0.2) is 0 Å². The summed E-state index contributed by atoms with van der Waals surface area (Å²) in [7, 11) is 1.49. The first-order valence-electron chi connectivity index (χ1n) is 3.37. The first-order valence-corrected chi connectivity index (χ1v) is 3.74. The molecular formula is C9H9ClO2. The Hall–Kier alpha value is -1.15. The molecule has 0 aliphatic rings. The van der Waals surface area contributed by atoms with E-state index in [1.165, 1.54) is 13.2 Å². The maximum Gasteiger partial charge on any atom is 0.126 e. The number of rotatable bonds is 2. The summed E-state index contributed by atoms with van der Waals surface area (Å²) >= 11 is 5.71. The number of benzene rings is 1. The second kappa shape index (κ2) is 3.50. The van der Waals surface area contributed by atoms with Gasteiger partial charge < -0.3 is 9.84 Å². The van der Waals surface area contributed by atoms with E-state index < -0.39 is 0 Å². The van der Waals surface area contributed by atoms with Gasteiger partial charge in [-0.3, -0.25) is 0 Å². The standard InChI is InChI=1S/C9H9ClO2/c1-6(12-2)8-5-7(10)3-4-9(8)11/h3-5,11H,1H2,2H3. The number of ether oxygens (including phenoxy) is 1. The van der Waals surface area contributed by atoms with Crippen molar-refractivity contribution in [2.45, 2.75) is 0 Å². The summed E-state index contributed by atoms with van der Waals surface area (Å²) in [6.07, 6.45) is 0. The van der Waals surface area contributed by atoms with E-state index in [0.29, 0.717) is 16.3 Å². The van der Waals surface area contributed by atoms with Crippen LogP contribution in [0.2, 0.25) is 5.02 Å². The fraction of sp³-hybridized carbons (Fsp3) is 0.111. The van der Waals surface area contributed by atoms with Crippen molar-refractivity contribution in [3.63, 3.8) is 0 Å². The van der Waals surface area contributed by atoms with Gasteiger partial charge in [0.25, 0.3) is 0 Å². The first kappa shape index (κ1) is 8.94. The molecule has 12 heavy (non-hydrogen) atoms. The number of phenols is 1. The van der Waals surface area contributed by atoms with Crippen LogP contribution in [0.4, 0.5) is 0 Å². The quantitative estimate of drug-likeness (QED) is 0.717. The minimum absolute atomic E-state index is 0.117. The van der Waals surface area contributed by atoms with Crippen LogP contribution < -0.4 is 0 Å². The maximum atomic E-state index is 9.34. The molecule has 0 radical (unpaired) electrons. The van der Waals surface area contributed by atoms with Gasteiger partial charge in [0.2, 0.25) is 0 Å². The van der Waals surface area contributed by atoms with Gasteiger partial charge in [-0.05, 0) is 18.2 Å². The highest BCUT2D eigenvalue weighted by molar-refractivity contribution is 6.30. The second-order valence-electron chi connectivity index (χ2n) is 2.29. The Labute approximate surface area is 76.0 Å². The predicted octanol–water partition coefficient (Wildman–Crippen LogP) is 2.66. The van der Waals surface area contributed by atoms with Gasteiger partial charge in [-0.25, -0.2) is 0 Å². The van der Waals surface area contributed by atoms with E-state index in [2.05, 4.69) is 6.58 Å². The van der Waals surface area contributed by atoms with Crippen molar-refractivity contribution in [1.29, 1.82) is 0 Å². The molecule has 0 saturated heterocycles. The smallest absolute Gasteiger partial charge is 0.126 e. The highest BCUT2D eigenvalue weighted by Gasteiger charge is 2.05. The SMILES string of the molecule is C=C(OC)c1cc(Cl)ccc1O. The minimum atomic E-state index is 0.117. The Morgan fingerprint density at radius 1 is 1.58 bits per heavy atom. The Morgan fingerprint density at radius 3 is 2.83 bits per heavy atom. The van der Waals surface area contributed by atoms with E-state index in [4.69, 9.17) is 16.3 Å². The predicted molar refractivity (Wildman–Crippen MR) is 49.2 cm³/mol. The zero-order valence-corrected chi connectivity index (χ0v) is 7.43. The van der Waals surface area contributed by atoms with Gasteiger partial charge >= 0.3 is 0 Å². The third kappa shape index (κ3) is 1.71. The van der Waals surface area contributed by atoms with Crippen molar-refractivity contribution in [3.05, 3.63) is 35.4 Å². The molecule has 1 aromatic rings. The topological polar surface area (TPSA) is 29.5 Å². The summed E-state index contributed by atoms with van der Waals surface area (Å²) < 4.78 is 4.86. The highest BCUT2D eigenvalue weighted by Crippen LogP contribution is 2.27. The normalized spacial score (nSPS) is 9.50. The van der Waals surface area contributed by atoms with Gasteiger partial charge in [-0.2, -0.15) is 0 Å². The highest BCUT2D eigenvalue weighted by atomic mass is 35.5. The third-order valence-electron chi connectivity index (χ3n) is 1.51. The summed E-state index contributed by atoms with van der Waals surface area (Å²) in [5.74, 6) is 0.515. The summed E-state index contributed by atoms with van der Waals surface area (Å²) in [6, 6.07) is 4.70. The van der Waals surface area contributed by atoms with Crippen LogP contribution in [0.3, 0.4) is 0 Å². The van der Waals surface area contributed by atoms with Crippen LogP contribution in [0, 0.1) is 0 Å². The Balaban J connectivity index is 3.13. The van der Waals surface area contributed by atoms with Crippen molar-refractivity contribution in [2.75, 3.05) is 7.11 Å². The molecular weight excluding hydrogens is 176 g/mol. The van der Waals surface area contributed by atoms with Gasteiger partial charge in [0.1, 0.15) is 11.5 Å². The second-order valence-corrected chi connectivity index (χ2v) is 2.73. The molecule has 0 aromatic heterocycles. The summed E-state index contributed by atoms with van der Waals surface area (Å²) in [5, 5.41) is 9.88. The lowest BCUT2D eigenvalue weighted by Gasteiger charge is -2.06. The summed E-state index contributed by atoms with van der Waals surface area (Å²) in [4.78, 5) is 0. The number of hydrogen-bond donors (Lipinski definition) is 1. The third-order valence-corrected chi connectivity index (χ3v) is 1.74. The first-order chi connectivity index (χ1) is 5.65. The van der Waals surface area contributed by atoms with Crippen LogP contribution in [-0.2, 0) is 4.74 Å². The molecule has 0 atom stereocenters. The molecule has 1 rings (SSSR count). The molecule has 0 unspecified atom stereocenters. The lowest BCUT2D eigenvalue weighted by Crippen LogP contribution is -1.85.